The highest BCUT2D eigenvalue weighted by Crippen LogP contribution is 2.21. The summed E-state index contributed by atoms with van der Waals surface area (Å²) in [5, 5.41) is 2.71. The zero-order valence-corrected chi connectivity index (χ0v) is 12.9. The SMILES string of the molecule is Cc1cc(N)ccc1NC(=O)COc1ccc(Br)c(F)c1. The number of nitrogens with two attached hydrogens (primary N) is 1. The van der Waals surface area contributed by atoms with Gasteiger partial charge >= 0.3 is 0 Å². The Morgan fingerprint density at radius 1 is 1.33 bits per heavy atom. The Bertz CT molecular complexity index is 677. The largest absolute Gasteiger partial charge is 0.484 e. The van der Waals surface area contributed by atoms with Gasteiger partial charge in [0.05, 0.1) is 4.47 Å². The van der Waals surface area contributed by atoms with E-state index in [1.54, 1.807) is 24.3 Å². The molecule has 0 spiro atoms. The highest BCUT2D eigenvalue weighted by atomic mass is 79.9. The summed E-state index contributed by atoms with van der Waals surface area (Å²) < 4.78 is 18.9. The zero-order chi connectivity index (χ0) is 15.4. The lowest BCUT2D eigenvalue weighted by Gasteiger charge is -2.10. The van der Waals surface area contributed by atoms with Crippen LogP contribution >= 0.6 is 15.9 Å². The summed E-state index contributed by atoms with van der Waals surface area (Å²) in [6, 6.07) is 9.50. The van der Waals surface area contributed by atoms with E-state index in [0.29, 0.717) is 21.6 Å². The summed E-state index contributed by atoms with van der Waals surface area (Å²) >= 11 is 3.05. The maximum Gasteiger partial charge on any atom is 0.262 e. The molecule has 21 heavy (non-hydrogen) atoms. The number of benzene rings is 2. The average Bonchev–Trinajstić information content (AvgIpc) is 2.43. The third-order valence-electron chi connectivity index (χ3n) is 2.79. The molecule has 1 amide bonds. The Morgan fingerprint density at radius 3 is 2.76 bits per heavy atom. The van der Waals surface area contributed by atoms with E-state index in [1.165, 1.54) is 12.1 Å². The van der Waals surface area contributed by atoms with Crippen molar-refractivity contribution in [2.75, 3.05) is 17.7 Å². The molecule has 0 saturated heterocycles. The Morgan fingerprint density at radius 2 is 2.10 bits per heavy atom. The summed E-state index contributed by atoms with van der Waals surface area (Å²) in [5.41, 5.74) is 7.80. The van der Waals surface area contributed by atoms with Crippen molar-refractivity contribution in [3.8, 4) is 5.75 Å². The number of hydrogen-bond acceptors (Lipinski definition) is 3. The fraction of sp³-hybridized carbons (Fsp3) is 0.133. The first-order valence-electron chi connectivity index (χ1n) is 6.19. The lowest BCUT2D eigenvalue weighted by molar-refractivity contribution is -0.118. The van der Waals surface area contributed by atoms with Crippen LogP contribution in [0.3, 0.4) is 0 Å². The Balaban J connectivity index is 1.94. The number of nitrogens with one attached hydrogen (secondary N) is 1. The molecule has 0 saturated carbocycles. The quantitative estimate of drug-likeness (QED) is 0.827. The van der Waals surface area contributed by atoms with Gasteiger partial charge in [-0.05, 0) is 58.7 Å². The zero-order valence-electron chi connectivity index (χ0n) is 11.3. The summed E-state index contributed by atoms with van der Waals surface area (Å²) in [6.07, 6.45) is 0. The maximum atomic E-state index is 13.3. The number of halogens is 2. The number of aryl methyl sites for hydroxylation is 1. The molecule has 0 aromatic heterocycles. The van der Waals surface area contributed by atoms with Gasteiger partial charge in [0.25, 0.3) is 5.91 Å². The topological polar surface area (TPSA) is 64.3 Å². The maximum absolute atomic E-state index is 13.3. The second-order valence-electron chi connectivity index (χ2n) is 4.49. The van der Waals surface area contributed by atoms with Gasteiger partial charge in [0.2, 0.25) is 0 Å². The minimum Gasteiger partial charge on any atom is -0.484 e. The molecule has 2 aromatic carbocycles. The normalized spacial score (nSPS) is 10.2. The summed E-state index contributed by atoms with van der Waals surface area (Å²) in [6.45, 7) is 1.64. The number of nitrogen functional groups attached to an aromatic ring is 1. The highest BCUT2D eigenvalue weighted by Gasteiger charge is 2.07. The number of anilines is 2. The molecule has 0 aliphatic carbocycles. The monoisotopic (exact) mass is 352 g/mol. The second-order valence-corrected chi connectivity index (χ2v) is 5.34. The van der Waals surface area contributed by atoms with Crippen LogP contribution in [-0.4, -0.2) is 12.5 Å². The Kier molecular flexibility index (Phi) is 4.80. The van der Waals surface area contributed by atoms with Crippen molar-refractivity contribution >= 4 is 33.2 Å². The van der Waals surface area contributed by atoms with Crippen LogP contribution < -0.4 is 15.8 Å². The molecule has 2 aromatic rings. The molecule has 0 unspecified atom stereocenters. The van der Waals surface area contributed by atoms with Crippen molar-refractivity contribution in [2.45, 2.75) is 6.92 Å². The number of rotatable bonds is 4. The van der Waals surface area contributed by atoms with Gasteiger partial charge in [-0.1, -0.05) is 0 Å². The van der Waals surface area contributed by atoms with Gasteiger partial charge in [0.15, 0.2) is 6.61 Å². The molecule has 2 rings (SSSR count). The van der Waals surface area contributed by atoms with Crippen molar-refractivity contribution in [3.63, 3.8) is 0 Å². The van der Waals surface area contributed by atoms with E-state index in [9.17, 15) is 9.18 Å². The van der Waals surface area contributed by atoms with Gasteiger partial charge in [0.1, 0.15) is 11.6 Å². The standard InChI is InChI=1S/C15H14BrFN2O2/c1-9-6-10(18)2-5-14(9)19-15(20)8-21-11-3-4-12(16)13(17)7-11/h2-7H,8,18H2,1H3,(H,19,20). The third-order valence-corrected chi connectivity index (χ3v) is 3.43. The van der Waals surface area contributed by atoms with Crippen molar-refractivity contribution in [3.05, 3.63) is 52.3 Å². The van der Waals surface area contributed by atoms with Crippen LogP contribution in [-0.2, 0) is 4.79 Å². The van der Waals surface area contributed by atoms with Crippen LogP contribution in [0.1, 0.15) is 5.56 Å². The van der Waals surface area contributed by atoms with Gasteiger partial charge < -0.3 is 15.8 Å². The van der Waals surface area contributed by atoms with E-state index in [-0.39, 0.29) is 12.5 Å². The van der Waals surface area contributed by atoms with Crippen LogP contribution in [0.5, 0.6) is 5.75 Å². The van der Waals surface area contributed by atoms with Crippen LogP contribution in [0.2, 0.25) is 0 Å². The van der Waals surface area contributed by atoms with E-state index in [1.807, 2.05) is 6.92 Å². The van der Waals surface area contributed by atoms with Gasteiger partial charge in [0, 0.05) is 17.4 Å². The third kappa shape index (κ3) is 4.19. The molecule has 3 N–H and O–H groups in total. The molecular weight excluding hydrogens is 339 g/mol. The van der Waals surface area contributed by atoms with Crippen LogP contribution in [0, 0.1) is 12.7 Å². The molecule has 0 radical (unpaired) electrons. The van der Waals surface area contributed by atoms with Crippen LogP contribution in [0.15, 0.2) is 40.9 Å². The minimum absolute atomic E-state index is 0.203. The number of carbonyl (C=O) groups is 1. The average molecular weight is 353 g/mol. The second kappa shape index (κ2) is 6.58. The van der Waals surface area contributed by atoms with Gasteiger partial charge in [-0.2, -0.15) is 0 Å². The molecule has 0 aliphatic heterocycles. The molecule has 6 heteroatoms. The summed E-state index contributed by atoms with van der Waals surface area (Å²) in [4.78, 5) is 11.8. The lowest BCUT2D eigenvalue weighted by atomic mass is 10.2. The van der Waals surface area contributed by atoms with E-state index < -0.39 is 5.82 Å². The molecule has 110 valence electrons. The summed E-state index contributed by atoms with van der Waals surface area (Å²) in [7, 11) is 0. The predicted octanol–water partition coefficient (Wildman–Crippen LogP) is 3.50. The Labute approximate surface area is 130 Å². The van der Waals surface area contributed by atoms with E-state index in [0.717, 1.165) is 5.56 Å². The molecule has 4 nitrogen and oxygen atoms in total. The van der Waals surface area contributed by atoms with Crippen LogP contribution in [0.25, 0.3) is 0 Å². The fourth-order valence-corrected chi connectivity index (χ4v) is 1.98. The highest BCUT2D eigenvalue weighted by molar-refractivity contribution is 9.10. The van der Waals surface area contributed by atoms with Crippen molar-refractivity contribution in [1.82, 2.24) is 0 Å². The molecule has 0 heterocycles. The van der Waals surface area contributed by atoms with Crippen molar-refractivity contribution < 1.29 is 13.9 Å². The number of carbonyl (C=O) groups excluding carboxylic acids is 1. The lowest BCUT2D eigenvalue weighted by Crippen LogP contribution is -2.20. The predicted molar refractivity (Wildman–Crippen MR) is 83.8 cm³/mol. The number of amides is 1. The molecule has 0 fully saturated rings. The minimum atomic E-state index is -0.442. The molecular formula is C15H14BrFN2O2. The first-order valence-corrected chi connectivity index (χ1v) is 6.99. The smallest absolute Gasteiger partial charge is 0.262 e. The first-order chi connectivity index (χ1) is 9.95. The van der Waals surface area contributed by atoms with Crippen molar-refractivity contribution in [1.29, 1.82) is 0 Å². The molecule has 0 atom stereocenters. The fourth-order valence-electron chi connectivity index (χ4n) is 1.73. The first kappa shape index (κ1) is 15.3. The summed E-state index contributed by atoms with van der Waals surface area (Å²) in [5.74, 6) is -0.478. The Hall–Kier alpha value is -2.08. The van der Waals surface area contributed by atoms with Crippen molar-refractivity contribution in [2.24, 2.45) is 0 Å². The molecule has 0 bridgehead atoms. The van der Waals surface area contributed by atoms with E-state index >= 15 is 0 Å². The number of hydrogen-bond donors (Lipinski definition) is 2. The van der Waals surface area contributed by atoms with Gasteiger partial charge in [-0.25, -0.2) is 4.39 Å². The van der Waals surface area contributed by atoms with Gasteiger partial charge in [-0.3, -0.25) is 4.79 Å². The van der Waals surface area contributed by atoms with E-state index in [4.69, 9.17) is 10.5 Å². The van der Waals surface area contributed by atoms with Gasteiger partial charge in [-0.15, -0.1) is 0 Å². The molecule has 0 aliphatic rings. The van der Waals surface area contributed by atoms with Crippen LogP contribution in [0.4, 0.5) is 15.8 Å². The number of ether oxygens (including phenoxy) is 1. The van der Waals surface area contributed by atoms with E-state index in [2.05, 4.69) is 21.2 Å².